The third kappa shape index (κ3) is 1.56. The summed E-state index contributed by atoms with van der Waals surface area (Å²) in [6.07, 6.45) is 3.49. The van der Waals surface area contributed by atoms with Crippen LogP contribution in [0.1, 0.15) is 13.3 Å². The van der Waals surface area contributed by atoms with Crippen molar-refractivity contribution in [1.82, 2.24) is 19.7 Å². The molecule has 0 aromatic carbocycles. The van der Waals surface area contributed by atoms with Crippen LogP contribution in [-0.2, 0) is 15.4 Å². The molecule has 0 spiro atoms. The number of nitrogens with zero attached hydrogens (tertiary/aromatic N) is 4. The monoisotopic (exact) mass is 267 g/mol. The van der Waals surface area contributed by atoms with Crippen molar-refractivity contribution in [2.24, 2.45) is 0 Å². The highest BCUT2D eigenvalue weighted by molar-refractivity contribution is 7.91. The Morgan fingerprint density at radius 3 is 2.89 bits per heavy atom. The number of nitrogen functional groups attached to an aromatic ring is 1. The maximum Gasteiger partial charge on any atom is 0.163 e. The van der Waals surface area contributed by atoms with Gasteiger partial charge in [-0.2, -0.15) is 5.10 Å². The van der Waals surface area contributed by atoms with Crippen molar-refractivity contribution in [3.8, 4) is 0 Å². The highest BCUT2D eigenvalue weighted by atomic mass is 32.2. The molecular formula is C10H13N5O2S. The lowest BCUT2D eigenvalue weighted by molar-refractivity contribution is 0.338. The fourth-order valence-corrected chi connectivity index (χ4v) is 4.53. The Labute approximate surface area is 104 Å². The average molecular weight is 267 g/mol. The van der Waals surface area contributed by atoms with Gasteiger partial charge in [-0.1, -0.05) is 0 Å². The first-order valence-corrected chi connectivity index (χ1v) is 7.39. The molecule has 1 saturated heterocycles. The third-order valence-electron chi connectivity index (χ3n) is 3.39. The van der Waals surface area contributed by atoms with Gasteiger partial charge >= 0.3 is 0 Å². The van der Waals surface area contributed by atoms with Gasteiger partial charge in [0.05, 0.1) is 28.6 Å². The topological polar surface area (TPSA) is 104 Å². The van der Waals surface area contributed by atoms with Gasteiger partial charge in [0, 0.05) is 0 Å². The summed E-state index contributed by atoms with van der Waals surface area (Å²) in [6.45, 7) is 1.88. The Morgan fingerprint density at radius 1 is 1.44 bits per heavy atom. The number of aromatic nitrogens is 4. The first-order valence-electron chi connectivity index (χ1n) is 5.56. The van der Waals surface area contributed by atoms with Crippen LogP contribution in [0.4, 0.5) is 5.82 Å². The van der Waals surface area contributed by atoms with E-state index in [1.54, 1.807) is 10.9 Å². The number of sulfone groups is 1. The molecule has 7 nitrogen and oxygen atoms in total. The summed E-state index contributed by atoms with van der Waals surface area (Å²) in [4.78, 5) is 8.05. The van der Waals surface area contributed by atoms with Gasteiger partial charge in [0.2, 0.25) is 0 Å². The molecule has 96 valence electrons. The number of hydrogen-bond acceptors (Lipinski definition) is 6. The first-order chi connectivity index (χ1) is 8.41. The van der Waals surface area contributed by atoms with Crippen molar-refractivity contribution < 1.29 is 8.42 Å². The summed E-state index contributed by atoms with van der Waals surface area (Å²) >= 11 is 0. The fraction of sp³-hybridized carbons (Fsp3) is 0.500. The summed E-state index contributed by atoms with van der Waals surface area (Å²) in [5.74, 6) is 0.627. The highest BCUT2D eigenvalue weighted by Gasteiger charge is 2.41. The molecule has 0 saturated carbocycles. The summed E-state index contributed by atoms with van der Waals surface area (Å²) in [6, 6.07) is 0. The van der Waals surface area contributed by atoms with Gasteiger partial charge in [-0.3, -0.25) is 0 Å². The van der Waals surface area contributed by atoms with Crippen LogP contribution < -0.4 is 5.73 Å². The Morgan fingerprint density at radius 2 is 2.22 bits per heavy atom. The summed E-state index contributed by atoms with van der Waals surface area (Å²) < 4.78 is 24.9. The van der Waals surface area contributed by atoms with Crippen LogP contribution in [0.3, 0.4) is 0 Å². The van der Waals surface area contributed by atoms with Crippen molar-refractivity contribution in [1.29, 1.82) is 0 Å². The maximum atomic E-state index is 11.6. The predicted octanol–water partition coefficient (Wildman–Crippen LogP) is -0.0578. The lowest BCUT2D eigenvalue weighted by Gasteiger charge is -2.23. The van der Waals surface area contributed by atoms with E-state index in [9.17, 15) is 8.42 Å². The summed E-state index contributed by atoms with van der Waals surface area (Å²) in [5, 5.41) is 4.90. The smallest absolute Gasteiger partial charge is 0.163 e. The van der Waals surface area contributed by atoms with Crippen LogP contribution in [-0.4, -0.2) is 39.7 Å². The second-order valence-electron chi connectivity index (χ2n) is 4.89. The molecule has 2 N–H and O–H groups in total. The van der Waals surface area contributed by atoms with Gasteiger partial charge in [-0.15, -0.1) is 0 Å². The van der Waals surface area contributed by atoms with Gasteiger partial charge in [-0.05, 0) is 13.3 Å². The Balaban J connectivity index is 2.19. The van der Waals surface area contributed by atoms with Crippen molar-refractivity contribution in [3.63, 3.8) is 0 Å². The lowest BCUT2D eigenvalue weighted by atomic mass is 10.0. The quantitative estimate of drug-likeness (QED) is 0.776. The van der Waals surface area contributed by atoms with Crippen LogP contribution in [0.2, 0.25) is 0 Å². The maximum absolute atomic E-state index is 11.6. The second kappa shape index (κ2) is 3.41. The Kier molecular flexibility index (Phi) is 2.16. The van der Waals surface area contributed by atoms with E-state index in [-0.39, 0.29) is 11.5 Å². The minimum atomic E-state index is -2.99. The molecule has 1 aliphatic rings. The molecule has 0 radical (unpaired) electrons. The van der Waals surface area contributed by atoms with Crippen LogP contribution in [0.5, 0.6) is 0 Å². The van der Waals surface area contributed by atoms with E-state index in [0.717, 1.165) is 0 Å². The number of rotatable bonds is 1. The summed E-state index contributed by atoms with van der Waals surface area (Å²) in [5.41, 5.74) is 5.77. The molecular weight excluding hydrogens is 254 g/mol. The van der Waals surface area contributed by atoms with Crippen LogP contribution in [0.25, 0.3) is 11.0 Å². The molecule has 18 heavy (non-hydrogen) atoms. The molecule has 1 atom stereocenters. The van der Waals surface area contributed by atoms with E-state index in [4.69, 9.17) is 5.73 Å². The molecule has 1 fully saturated rings. The van der Waals surface area contributed by atoms with Crippen molar-refractivity contribution in [2.75, 3.05) is 17.2 Å². The molecule has 3 heterocycles. The predicted molar refractivity (Wildman–Crippen MR) is 66.7 cm³/mol. The SMILES string of the molecule is CC1(n2ncc3c(N)ncnc32)CCS(=O)(=O)C1. The molecule has 0 bridgehead atoms. The standard InChI is InChI=1S/C10H13N5O2S/c1-10(2-3-18(16,17)5-10)15-9-7(4-14-15)8(11)12-6-13-9/h4,6H,2-3,5H2,1H3,(H2,11,12,13). The molecule has 3 rings (SSSR count). The van der Waals surface area contributed by atoms with Crippen molar-refractivity contribution in [3.05, 3.63) is 12.5 Å². The first kappa shape index (κ1) is 11.4. The molecule has 0 aliphatic carbocycles. The van der Waals surface area contributed by atoms with E-state index in [2.05, 4.69) is 15.1 Å². The second-order valence-corrected chi connectivity index (χ2v) is 7.08. The summed E-state index contributed by atoms with van der Waals surface area (Å²) in [7, 11) is -2.99. The minimum absolute atomic E-state index is 0.0840. The van der Waals surface area contributed by atoms with Gasteiger partial charge in [-0.25, -0.2) is 23.1 Å². The Bertz CT molecular complexity index is 723. The van der Waals surface area contributed by atoms with Gasteiger partial charge in [0.15, 0.2) is 15.5 Å². The zero-order chi connectivity index (χ0) is 13.0. The minimum Gasteiger partial charge on any atom is -0.383 e. The van der Waals surface area contributed by atoms with Gasteiger partial charge in [0.25, 0.3) is 0 Å². The zero-order valence-electron chi connectivity index (χ0n) is 9.87. The number of hydrogen-bond donors (Lipinski definition) is 1. The fourth-order valence-electron chi connectivity index (χ4n) is 2.42. The van der Waals surface area contributed by atoms with Gasteiger partial charge in [0.1, 0.15) is 12.1 Å². The highest BCUT2D eigenvalue weighted by Crippen LogP contribution is 2.32. The van der Waals surface area contributed by atoms with E-state index in [0.29, 0.717) is 23.3 Å². The zero-order valence-corrected chi connectivity index (χ0v) is 10.7. The third-order valence-corrected chi connectivity index (χ3v) is 5.28. The van der Waals surface area contributed by atoms with Gasteiger partial charge < -0.3 is 5.73 Å². The normalized spacial score (nSPS) is 26.7. The van der Waals surface area contributed by atoms with Crippen molar-refractivity contribution >= 4 is 26.7 Å². The van der Waals surface area contributed by atoms with Crippen molar-refractivity contribution in [2.45, 2.75) is 18.9 Å². The van der Waals surface area contributed by atoms with Crippen LogP contribution >= 0.6 is 0 Å². The largest absolute Gasteiger partial charge is 0.383 e. The molecule has 0 amide bonds. The van der Waals surface area contributed by atoms with E-state index in [1.807, 2.05) is 6.92 Å². The molecule has 2 aromatic rings. The number of anilines is 1. The molecule has 1 unspecified atom stereocenters. The number of fused-ring (bicyclic) bond motifs is 1. The molecule has 1 aliphatic heterocycles. The Hall–Kier alpha value is -1.70. The van der Waals surface area contributed by atoms with E-state index in [1.165, 1.54) is 6.33 Å². The van der Waals surface area contributed by atoms with Crippen LogP contribution in [0, 0.1) is 0 Å². The average Bonchev–Trinajstić information content (AvgIpc) is 2.82. The lowest BCUT2D eigenvalue weighted by Crippen LogP contribution is -2.32. The van der Waals surface area contributed by atoms with Crippen LogP contribution in [0.15, 0.2) is 12.5 Å². The van der Waals surface area contributed by atoms with E-state index < -0.39 is 15.4 Å². The van der Waals surface area contributed by atoms with E-state index >= 15 is 0 Å². The molecule has 8 heteroatoms. The molecule has 2 aromatic heterocycles. The number of nitrogens with two attached hydrogens (primary N) is 1.